The number of methoxy groups -OCH3 is 1. The first-order valence-electron chi connectivity index (χ1n) is 10.9. The molecule has 0 radical (unpaired) electrons. The number of hydrogen-bond acceptors (Lipinski definition) is 5. The number of imide groups is 1. The van der Waals surface area contributed by atoms with Gasteiger partial charge in [-0.05, 0) is 36.8 Å². The molecule has 184 valence electrons. The van der Waals surface area contributed by atoms with Crippen molar-refractivity contribution in [3.05, 3.63) is 106 Å². The normalized spacial score (nSPS) is 16.1. The summed E-state index contributed by atoms with van der Waals surface area (Å²) < 4.78 is 22.1. The summed E-state index contributed by atoms with van der Waals surface area (Å²) >= 11 is 3.34. The number of amides is 3. The highest BCUT2D eigenvalue weighted by molar-refractivity contribution is 9.10. The van der Waals surface area contributed by atoms with Crippen LogP contribution in [0.1, 0.15) is 38.8 Å². The van der Waals surface area contributed by atoms with Crippen molar-refractivity contribution in [2.24, 2.45) is 0 Å². The van der Waals surface area contributed by atoms with Crippen LogP contribution in [-0.4, -0.2) is 47.6 Å². The van der Waals surface area contributed by atoms with Gasteiger partial charge in [-0.2, -0.15) is 0 Å². The van der Waals surface area contributed by atoms with Gasteiger partial charge in [-0.25, -0.2) is 9.18 Å². The smallest absolute Gasteiger partial charge is 0.370 e. The molecule has 1 aliphatic heterocycles. The van der Waals surface area contributed by atoms with Crippen molar-refractivity contribution in [1.29, 1.82) is 0 Å². The van der Waals surface area contributed by atoms with Gasteiger partial charge >= 0.3 is 11.8 Å². The van der Waals surface area contributed by atoms with Crippen LogP contribution in [0.25, 0.3) is 0 Å². The van der Waals surface area contributed by atoms with Crippen molar-refractivity contribution in [2.45, 2.75) is 18.3 Å². The molecular formula is C27H22BrFN2O5. The number of ether oxygens (including phenoxy) is 1. The summed E-state index contributed by atoms with van der Waals surface area (Å²) in [6.07, 6.45) is 0. The lowest BCUT2D eigenvalue weighted by atomic mass is 9.87. The Labute approximate surface area is 215 Å². The zero-order valence-electron chi connectivity index (χ0n) is 19.7. The van der Waals surface area contributed by atoms with Crippen LogP contribution in [0.5, 0.6) is 0 Å². The predicted molar refractivity (Wildman–Crippen MR) is 132 cm³/mol. The van der Waals surface area contributed by atoms with Gasteiger partial charge in [-0.15, -0.1) is 0 Å². The second kappa shape index (κ2) is 9.31. The van der Waals surface area contributed by atoms with E-state index in [9.17, 15) is 19.2 Å². The maximum Gasteiger partial charge on any atom is 0.370 e. The Morgan fingerprint density at radius 1 is 0.861 bits per heavy atom. The molecule has 3 amide bonds. The van der Waals surface area contributed by atoms with E-state index in [4.69, 9.17) is 4.74 Å². The molecular weight excluding hydrogens is 531 g/mol. The third kappa shape index (κ3) is 3.71. The molecule has 0 saturated heterocycles. The number of alkyl halides is 1. The van der Waals surface area contributed by atoms with E-state index >= 15 is 4.39 Å². The first-order valence-corrected chi connectivity index (χ1v) is 11.7. The number of benzene rings is 3. The van der Waals surface area contributed by atoms with Gasteiger partial charge in [0.05, 0.1) is 18.2 Å². The van der Waals surface area contributed by atoms with Crippen molar-refractivity contribution < 1.29 is 28.3 Å². The van der Waals surface area contributed by atoms with Crippen LogP contribution >= 0.6 is 15.9 Å². The molecule has 0 aromatic heterocycles. The molecule has 7 nitrogen and oxygen atoms in total. The molecule has 9 heteroatoms. The molecule has 0 spiro atoms. The highest BCUT2D eigenvalue weighted by atomic mass is 79.9. The van der Waals surface area contributed by atoms with E-state index in [2.05, 4.69) is 15.9 Å². The van der Waals surface area contributed by atoms with Gasteiger partial charge in [0, 0.05) is 17.1 Å². The molecule has 0 N–H and O–H groups in total. The van der Waals surface area contributed by atoms with Gasteiger partial charge in [0.15, 0.2) is 5.54 Å². The van der Waals surface area contributed by atoms with Crippen LogP contribution in [0.2, 0.25) is 0 Å². The van der Waals surface area contributed by atoms with Gasteiger partial charge in [0.1, 0.15) is 0 Å². The quantitative estimate of drug-likeness (QED) is 0.257. The minimum atomic E-state index is -3.04. The van der Waals surface area contributed by atoms with Gasteiger partial charge in [0.25, 0.3) is 17.7 Å². The standard InChI is InChI=1S/C27H22BrFN2O5/c1-26(17-13-15-19(28)16-14-17,31-22(32)20-11-7-8-12-21(20)23(31)33)24(34)30(2)27(29,25(35)36-3)18-9-5-4-6-10-18/h4-16H,1-3H3/t26?,27-/m0/s1. The highest BCUT2D eigenvalue weighted by Gasteiger charge is 2.58. The maximum absolute atomic E-state index is 16.7. The van der Waals surface area contributed by atoms with Gasteiger partial charge in [-0.1, -0.05) is 70.5 Å². The van der Waals surface area contributed by atoms with Gasteiger partial charge < -0.3 is 4.74 Å². The third-order valence-corrected chi connectivity index (χ3v) is 6.97. The number of carbonyl (C=O) groups excluding carboxylic acids is 4. The Morgan fingerprint density at radius 2 is 1.36 bits per heavy atom. The number of fused-ring (bicyclic) bond motifs is 1. The van der Waals surface area contributed by atoms with Crippen LogP contribution in [0.4, 0.5) is 4.39 Å². The monoisotopic (exact) mass is 552 g/mol. The molecule has 36 heavy (non-hydrogen) atoms. The predicted octanol–water partition coefficient (Wildman–Crippen LogP) is 4.41. The van der Waals surface area contributed by atoms with Crippen molar-refractivity contribution in [2.75, 3.05) is 14.2 Å². The van der Waals surface area contributed by atoms with Gasteiger partial charge in [-0.3, -0.25) is 24.2 Å². The summed E-state index contributed by atoms with van der Waals surface area (Å²) in [6.45, 7) is 1.36. The lowest BCUT2D eigenvalue weighted by Crippen LogP contribution is -2.61. The van der Waals surface area contributed by atoms with E-state index in [0.717, 1.165) is 19.1 Å². The largest absolute Gasteiger partial charge is 0.465 e. The topological polar surface area (TPSA) is 84.0 Å². The SMILES string of the molecule is COC(=O)[C@](F)(c1ccccc1)N(C)C(=O)C(C)(c1ccc(Br)cc1)N1C(=O)c2ccccc2C1=O. The van der Waals surface area contributed by atoms with Crippen molar-refractivity contribution in [3.8, 4) is 0 Å². The minimum absolute atomic E-state index is 0.129. The average Bonchev–Trinajstić information content (AvgIpc) is 3.17. The van der Waals surface area contributed by atoms with Crippen molar-refractivity contribution in [3.63, 3.8) is 0 Å². The third-order valence-electron chi connectivity index (χ3n) is 6.44. The Balaban J connectivity index is 1.91. The average molecular weight is 553 g/mol. The summed E-state index contributed by atoms with van der Waals surface area (Å²) in [5.74, 6) is -6.78. The van der Waals surface area contributed by atoms with Crippen LogP contribution < -0.4 is 0 Å². The molecule has 1 aliphatic rings. The summed E-state index contributed by atoms with van der Waals surface area (Å²) in [7, 11) is 2.11. The molecule has 1 unspecified atom stereocenters. The molecule has 4 rings (SSSR count). The molecule has 2 atom stereocenters. The van der Waals surface area contributed by atoms with E-state index < -0.39 is 35.0 Å². The Morgan fingerprint density at radius 3 is 1.86 bits per heavy atom. The van der Waals surface area contributed by atoms with E-state index in [0.29, 0.717) is 9.37 Å². The molecule has 3 aromatic carbocycles. The first kappa shape index (κ1) is 25.2. The number of esters is 1. The number of hydrogen-bond donors (Lipinski definition) is 0. The van der Waals surface area contributed by atoms with Crippen LogP contribution in [0.15, 0.2) is 83.3 Å². The van der Waals surface area contributed by atoms with Gasteiger partial charge in [0.2, 0.25) is 0 Å². The Hall–Kier alpha value is -3.85. The second-order valence-electron chi connectivity index (χ2n) is 8.41. The van der Waals surface area contributed by atoms with Crippen molar-refractivity contribution >= 4 is 39.6 Å². The minimum Gasteiger partial charge on any atom is -0.465 e. The number of rotatable bonds is 6. The molecule has 3 aromatic rings. The molecule has 0 saturated carbocycles. The lowest BCUT2D eigenvalue weighted by Gasteiger charge is -2.42. The van der Waals surface area contributed by atoms with Crippen molar-refractivity contribution in [1.82, 2.24) is 9.80 Å². The van der Waals surface area contributed by atoms with E-state index in [1.165, 1.54) is 43.3 Å². The fourth-order valence-corrected chi connectivity index (χ4v) is 4.69. The Bertz CT molecular complexity index is 1330. The number of likely N-dealkylation sites (N-methyl/N-ethyl adjacent to an activating group) is 1. The summed E-state index contributed by atoms with van der Waals surface area (Å²) in [6, 6.07) is 19.9. The summed E-state index contributed by atoms with van der Waals surface area (Å²) in [4.78, 5) is 55.4. The fraction of sp³-hybridized carbons (Fsp3) is 0.185. The lowest BCUT2D eigenvalue weighted by molar-refractivity contribution is -0.180. The molecule has 0 bridgehead atoms. The summed E-state index contributed by atoms with van der Waals surface area (Å²) in [5.41, 5.74) is -1.65. The highest BCUT2D eigenvalue weighted by Crippen LogP contribution is 2.41. The zero-order chi connectivity index (χ0) is 26.3. The fourth-order valence-electron chi connectivity index (χ4n) is 4.43. The zero-order valence-corrected chi connectivity index (χ0v) is 21.3. The Kier molecular flexibility index (Phi) is 6.53. The summed E-state index contributed by atoms with van der Waals surface area (Å²) in [5, 5.41) is 0. The second-order valence-corrected chi connectivity index (χ2v) is 9.33. The first-order chi connectivity index (χ1) is 17.1. The van der Waals surface area contributed by atoms with Crippen LogP contribution in [-0.2, 0) is 25.7 Å². The maximum atomic E-state index is 16.7. The van der Waals surface area contributed by atoms with E-state index in [1.54, 1.807) is 42.5 Å². The molecule has 1 heterocycles. The van der Waals surface area contributed by atoms with Crippen LogP contribution in [0.3, 0.4) is 0 Å². The van der Waals surface area contributed by atoms with E-state index in [1.807, 2.05) is 0 Å². The number of halogens is 2. The number of nitrogens with zero attached hydrogens (tertiary/aromatic N) is 2. The molecule has 0 aliphatic carbocycles. The number of carbonyl (C=O) groups is 4. The van der Waals surface area contributed by atoms with Crippen LogP contribution in [0, 0.1) is 0 Å². The van der Waals surface area contributed by atoms with E-state index in [-0.39, 0.29) is 22.3 Å². The molecule has 0 fully saturated rings.